The minimum Gasteiger partial charge on any atom is -0.315 e. The summed E-state index contributed by atoms with van der Waals surface area (Å²) >= 11 is 0. The molecule has 154 valence electrons. The summed E-state index contributed by atoms with van der Waals surface area (Å²) in [5.41, 5.74) is 0.565. The number of nitriles is 1. The molecule has 1 saturated heterocycles. The molecule has 0 N–H and O–H groups in total. The standard InChI is InChI=1S/C23H21F3N4/c1-15-5-8-18(9-6-15)30-16(2)29(21(28-3)22(30)11-4-12-22)19-10-7-17(14-27)20(13-19)23(24,25)26/h5-10,13H,2,4,11-12H2,1,3H3. The molecule has 1 heterocycles. The number of amidine groups is 1. The van der Waals surface area contributed by atoms with Gasteiger partial charge in [-0.25, -0.2) is 0 Å². The van der Waals surface area contributed by atoms with Crippen molar-refractivity contribution >= 4 is 17.2 Å². The second-order valence-corrected chi connectivity index (χ2v) is 7.69. The van der Waals surface area contributed by atoms with E-state index < -0.39 is 22.8 Å². The number of benzene rings is 2. The van der Waals surface area contributed by atoms with Crippen LogP contribution in [0.1, 0.15) is 36.0 Å². The lowest BCUT2D eigenvalue weighted by Gasteiger charge is -2.45. The molecule has 7 heteroatoms. The summed E-state index contributed by atoms with van der Waals surface area (Å²) in [4.78, 5) is 8.27. The molecule has 1 aliphatic heterocycles. The second kappa shape index (κ2) is 6.91. The van der Waals surface area contributed by atoms with Crippen LogP contribution in [0.2, 0.25) is 0 Å². The number of halogens is 3. The Kier molecular flexibility index (Phi) is 4.61. The fourth-order valence-corrected chi connectivity index (χ4v) is 4.41. The average Bonchev–Trinajstić information content (AvgIpc) is 2.96. The van der Waals surface area contributed by atoms with E-state index in [0.717, 1.165) is 36.6 Å². The highest BCUT2D eigenvalue weighted by Crippen LogP contribution is 2.51. The molecule has 1 spiro atoms. The second-order valence-electron chi connectivity index (χ2n) is 7.69. The van der Waals surface area contributed by atoms with Crippen LogP contribution < -0.4 is 9.80 Å². The Balaban J connectivity index is 1.86. The van der Waals surface area contributed by atoms with Gasteiger partial charge in [-0.15, -0.1) is 0 Å². The van der Waals surface area contributed by atoms with Gasteiger partial charge in [0.2, 0.25) is 0 Å². The molecule has 4 rings (SSSR count). The first-order chi connectivity index (χ1) is 14.2. The Hall–Kier alpha value is -3.27. The first-order valence-corrected chi connectivity index (χ1v) is 9.67. The van der Waals surface area contributed by atoms with Crippen molar-refractivity contribution in [2.75, 3.05) is 16.8 Å². The summed E-state index contributed by atoms with van der Waals surface area (Å²) in [5.74, 6) is 1.23. The van der Waals surface area contributed by atoms with Gasteiger partial charge in [0.05, 0.1) is 17.2 Å². The maximum atomic E-state index is 13.6. The molecule has 0 amide bonds. The topological polar surface area (TPSA) is 42.6 Å². The van der Waals surface area contributed by atoms with Crippen LogP contribution >= 0.6 is 0 Å². The molecule has 0 atom stereocenters. The monoisotopic (exact) mass is 410 g/mol. The van der Waals surface area contributed by atoms with Crippen molar-refractivity contribution < 1.29 is 13.2 Å². The predicted octanol–water partition coefficient (Wildman–Crippen LogP) is 5.63. The molecule has 30 heavy (non-hydrogen) atoms. The molecule has 2 fully saturated rings. The van der Waals surface area contributed by atoms with Gasteiger partial charge < -0.3 is 4.90 Å². The summed E-state index contributed by atoms with van der Waals surface area (Å²) in [5, 5.41) is 9.12. The van der Waals surface area contributed by atoms with Crippen molar-refractivity contribution in [1.29, 1.82) is 5.26 Å². The third-order valence-corrected chi connectivity index (χ3v) is 5.94. The van der Waals surface area contributed by atoms with Crippen molar-refractivity contribution in [3.05, 3.63) is 71.6 Å². The zero-order valence-corrected chi connectivity index (χ0v) is 16.8. The Labute approximate surface area is 173 Å². The number of aliphatic imine (C=N–C) groups is 1. The van der Waals surface area contributed by atoms with Gasteiger partial charge in [0.25, 0.3) is 0 Å². The highest BCUT2D eigenvalue weighted by molar-refractivity contribution is 6.14. The number of anilines is 2. The van der Waals surface area contributed by atoms with Crippen molar-refractivity contribution in [3.63, 3.8) is 0 Å². The van der Waals surface area contributed by atoms with Crippen molar-refractivity contribution in [1.82, 2.24) is 0 Å². The number of aryl methyl sites for hydroxylation is 1. The number of rotatable bonds is 2. The normalized spacial score (nSPS) is 19.3. The number of hydrogen-bond acceptors (Lipinski definition) is 3. The van der Waals surface area contributed by atoms with Crippen LogP contribution in [-0.2, 0) is 6.18 Å². The molecule has 0 unspecified atom stereocenters. The lowest BCUT2D eigenvalue weighted by atomic mass is 9.74. The molecule has 1 aliphatic carbocycles. The van der Waals surface area contributed by atoms with Gasteiger partial charge >= 0.3 is 6.18 Å². The summed E-state index contributed by atoms with van der Waals surface area (Å²) in [6.45, 7) is 6.23. The predicted molar refractivity (Wildman–Crippen MR) is 111 cm³/mol. The van der Waals surface area contributed by atoms with Crippen molar-refractivity contribution in [2.45, 2.75) is 37.9 Å². The lowest BCUT2D eigenvalue weighted by molar-refractivity contribution is -0.137. The molecular weight excluding hydrogens is 389 g/mol. The van der Waals surface area contributed by atoms with Gasteiger partial charge in [0.1, 0.15) is 17.2 Å². The van der Waals surface area contributed by atoms with Gasteiger partial charge in [-0.1, -0.05) is 24.3 Å². The van der Waals surface area contributed by atoms with Crippen molar-refractivity contribution in [2.24, 2.45) is 4.99 Å². The maximum absolute atomic E-state index is 13.6. The van der Waals surface area contributed by atoms with Gasteiger partial charge in [-0.2, -0.15) is 18.4 Å². The van der Waals surface area contributed by atoms with E-state index in [0.29, 0.717) is 17.3 Å². The SMILES string of the molecule is C=C1N(c2ccc(C#N)c(C(F)(F)F)c2)C(=NC)C2(CCC2)N1c1ccc(C)cc1. The molecule has 0 aromatic heterocycles. The zero-order chi connectivity index (χ0) is 21.7. The number of hydrogen-bond donors (Lipinski definition) is 0. The number of alkyl halides is 3. The summed E-state index contributed by atoms with van der Waals surface area (Å²) < 4.78 is 40.7. The maximum Gasteiger partial charge on any atom is 0.417 e. The first kappa shape index (κ1) is 20.0. The van der Waals surface area contributed by atoms with Gasteiger partial charge in [0.15, 0.2) is 0 Å². The third-order valence-electron chi connectivity index (χ3n) is 5.94. The first-order valence-electron chi connectivity index (χ1n) is 9.67. The zero-order valence-electron chi connectivity index (χ0n) is 16.8. The highest BCUT2D eigenvalue weighted by Gasteiger charge is 2.56. The molecule has 1 saturated carbocycles. The van der Waals surface area contributed by atoms with Crippen LogP contribution in [0.25, 0.3) is 0 Å². The van der Waals surface area contributed by atoms with Crippen LogP contribution in [0.5, 0.6) is 0 Å². The van der Waals surface area contributed by atoms with Crippen LogP contribution in [0.4, 0.5) is 24.5 Å². The summed E-state index contributed by atoms with van der Waals surface area (Å²) in [7, 11) is 1.66. The smallest absolute Gasteiger partial charge is 0.315 e. The van der Waals surface area contributed by atoms with E-state index in [1.54, 1.807) is 18.0 Å². The van der Waals surface area contributed by atoms with E-state index in [9.17, 15) is 13.2 Å². The van der Waals surface area contributed by atoms with Crippen LogP contribution in [0, 0.1) is 18.3 Å². The minimum atomic E-state index is -4.63. The average molecular weight is 410 g/mol. The van der Waals surface area contributed by atoms with Crippen LogP contribution in [0.3, 0.4) is 0 Å². The fourth-order valence-electron chi connectivity index (χ4n) is 4.41. The lowest BCUT2D eigenvalue weighted by Crippen LogP contribution is -2.54. The van der Waals surface area contributed by atoms with Gasteiger partial charge in [0, 0.05) is 18.4 Å². The molecule has 2 aromatic rings. The molecule has 0 bridgehead atoms. The fraction of sp³-hybridized carbons (Fsp3) is 0.304. The Bertz CT molecular complexity index is 1070. The summed E-state index contributed by atoms with van der Waals surface area (Å²) in [6, 6.07) is 13.4. The minimum absolute atomic E-state index is 0.299. The molecule has 2 aliphatic rings. The molecular formula is C23H21F3N4. The Morgan fingerprint density at radius 2 is 1.73 bits per heavy atom. The number of nitrogens with zero attached hydrogens (tertiary/aromatic N) is 4. The molecule has 4 nitrogen and oxygen atoms in total. The molecule has 2 aromatic carbocycles. The van der Waals surface area contributed by atoms with E-state index in [4.69, 9.17) is 5.26 Å². The Morgan fingerprint density at radius 3 is 2.23 bits per heavy atom. The van der Waals surface area contributed by atoms with Gasteiger partial charge in [-0.05, 0) is 56.5 Å². The largest absolute Gasteiger partial charge is 0.417 e. The van der Waals surface area contributed by atoms with Crippen LogP contribution in [-0.4, -0.2) is 18.4 Å². The van der Waals surface area contributed by atoms with E-state index in [2.05, 4.69) is 16.5 Å². The van der Waals surface area contributed by atoms with E-state index in [-0.39, 0.29) is 0 Å². The van der Waals surface area contributed by atoms with Gasteiger partial charge in [-0.3, -0.25) is 9.89 Å². The quantitative estimate of drug-likeness (QED) is 0.644. The molecule has 0 radical (unpaired) electrons. The van der Waals surface area contributed by atoms with E-state index >= 15 is 0 Å². The Morgan fingerprint density at radius 1 is 1.10 bits per heavy atom. The van der Waals surface area contributed by atoms with E-state index in [1.165, 1.54) is 12.1 Å². The van der Waals surface area contributed by atoms with Crippen molar-refractivity contribution in [3.8, 4) is 6.07 Å². The van der Waals surface area contributed by atoms with E-state index in [1.807, 2.05) is 31.2 Å². The summed E-state index contributed by atoms with van der Waals surface area (Å²) in [6.07, 6.45) is -1.95. The third kappa shape index (κ3) is 2.86. The van der Waals surface area contributed by atoms with Crippen LogP contribution in [0.15, 0.2) is 59.9 Å². The highest BCUT2D eigenvalue weighted by atomic mass is 19.4.